The zero-order chi connectivity index (χ0) is 16.8. The number of rotatable bonds is 6. The van der Waals surface area contributed by atoms with E-state index in [4.69, 9.17) is 5.73 Å². The number of nitrogens with one attached hydrogen (secondary N) is 2. The molecule has 0 radical (unpaired) electrons. The number of benzene rings is 1. The lowest BCUT2D eigenvalue weighted by Crippen LogP contribution is -2.36. The fraction of sp³-hybridized carbons (Fsp3) is 0.250. The molecule has 5 nitrogen and oxygen atoms in total. The summed E-state index contributed by atoms with van der Waals surface area (Å²) in [6.45, 7) is 1.92. The second kappa shape index (κ2) is 8.12. The van der Waals surface area contributed by atoms with Crippen LogP contribution in [0.5, 0.6) is 0 Å². The van der Waals surface area contributed by atoms with Gasteiger partial charge in [0.15, 0.2) is 0 Å². The third-order valence-corrected chi connectivity index (χ3v) is 4.85. The highest BCUT2D eigenvalue weighted by atomic mass is 79.9. The van der Waals surface area contributed by atoms with Crippen LogP contribution in [0.25, 0.3) is 0 Å². The topological polar surface area (TPSA) is 84.2 Å². The lowest BCUT2D eigenvalue weighted by molar-refractivity contribution is -0.122. The molecule has 1 aromatic heterocycles. The van der Waals surface area contributed by atoms with E-state index in [1.807, 2.05) is 48.7 Å². The lowest BCUT2D eigenvalue weighted by Gasteiger charge is -2.19. The molecule has 1 aromatic carbocycles. The third-order valence-electron chi connectivity index (χ3n) is 3.34. The van der Waals surface area contributed by atoms with Crippen molar-refractivity contribution in [3.8, 4) is 0 Å². The maximum absolute atomic E-state index is 12.3. The maximum atomic E-state index is 12.3. The zero-order valence-corrected chi connectivity index (χ0v) is 15.0. The van der Waals surface area contributed by atoms with Gasteiger partial charge in [-0.15, -0.1) is 11.3 Å². The number of urea groups is 1. The SMILES string of the molecule is CC(NC(=O)CC(NC(N)=O)c1cccs1)c1ccc(Br)cc1. The van der Waals surface area contributed by atoms with Crippen LogP contribution < -0.4 is 16.4 Å². The molecule has 2 atom stereocenters. The number of halogens is 1. The summed E-state index contributed by atoms with van der Waals surface area (Å²) < 4.78 is 0.989. The van der Waals surface area contributed by atoms with Crippen LogP contribution >= 0.6 is 27.3 Å². The molecular weight excluding hydrogens is 378 g/mol. The Morgan fingerprint density at radius 3 is 2.48 bits per heavy atom. The van der Waals surface area contributed by atoms with Crippen molar-refractivity contribution < 1.29 is 9.59 Å². The molecular formula is C16H18BrN3O2S. The Hall–Kier alpha value is -1.86. The van der Waals surface area contributed by atoms with Crippen LogP contribution in [-0.2, 0) is 4.79 Å². The summed E-state index contributed by atoms with van der Waals surface area (Å²) in [5.41, 5.74) is 6.21. The van der Waals surface area contributed by atoms with Crippen molar-refractivity contribution in [1.29, 1.82) is 0 Å². The fourth-order valence-corrected chi connectivity index (χ4v) is 3.25. The molecule has 0 fully saturated rings. The number of carbonyl (C=O) groups excluding carboxylic acids is 2. The van der Waals surface area contributed by atoms with Crippen LogP contribution in [0.4, 0.5) is 4.79 Å². The standard InChI is InChI=1S/C16H18BrN3O2S/c1-10(11-4-6-12(17)7-5-11)19-15(21)9-13(20-16(18)22)14-3-2-8-23-14/h2-8,10,13H,9H2,1H3,(H,19,21)(H3,18,20,22). The molecule has 0 saturated carbocycles. The normalized spacial score (nSPS) is 13.1. The van der Waals surface area contributed by atoms with Gasteiger partial charge in [-0.2, -0.15) is 0 Å². The van der Waals surface area contributed by atoms with Crippen molar-refractivity contribution in [2.45, 2.75) is 25.4 Å². The Kier molecular flexibility index (Phi) is 6.18. The number of carbonyl (C=O) groups is 2. The van der Waals surface area contributed by atoms with Gasteiger partial charge in [-0.1, -0.05) is 34.1 Å². The monoisotopic (exact) mass is 395 g/mol. The lowest BCUT2D eigenvalue weighted by atomic mass is 10.1. The Labute approximate surface area is 147 Å². The van der Waals surface area contributed by atoms with Gasteiger partial charge in [0.05, 0.1) is 18.5 Å². The molecule has 1 heterocycles. The number of nitrogens with two attached hydrogens (primary N) is 1. The summed E-state index contributed by atoms with van der Waals surface area (Å²) in [7, 11) is 0. The molecule has 2 rings (SSSR count). The zero-order valence-electron chi connectivity index (χ0n) is 12.6. The highest BCUT2D eigenvalue weighted by Crippen LogP contribution is 2.23. The van der Waals surface area contributed by atoms with Crippen LogP contribution in [0.3, 0.4) is 0 Å². The second-order valence-electron chi connectivity index (χ2n) is 5.12. The minimum atomic E-state index is -0.642. The average molecular weight is 396 g/mol. The molecule has 0 aliphatic rings. The predicted molar refractivity (Wildman–Crippen MR) is 95.1 cm³/mol. The van der Waals surface area contributed by atoms with E-state index >= 15 is 0 Å². The molecule has 0 aliphatic carbocycles. The first-order chi connectivity index (χ1) is 11.0. The molecule has 7 heteroatoms. The number of hydrogen-bond donors (Lipinski definition) is 3. The highest BCUT2D eigenvalue weighted by Gasteiger charge is 2.19. The van der Waals surface area contributed by atoms with E-state index in [9.17, 15) is 9.59 Å². The molecule has 23 heavy (non-hydrogen) atoms. The van der Waals surface area contributed by atoms with Gasteiger partial charge in [-0.05, 0) is 36.1 Å². The van der Waals surface area contributed by atoms with Crippen molar-refractivity contribution >= 4 is 39.2 Å². The van der Waals surface area contributed by atoms with Crippen LogP contribution in [0, 0.1) is 0 Å². The van der Waals surface area contributed by atoms with Gasteiger partial charge < -0.3 is 16.4 Å². The number of thiophene rings is 1. The van der Waals surface area contributed by atoms with Crippen molar-refractivity contribution in [2.75, 3.05) is 0 Å². The number of hydrogen-bond acceptors (Lipinski definition) is 3. The number of primary amides is 1. The summed E-state index contributed by atoms with van der Waals surface area (Å²) in [4.78, 5) is 24.3. The van der Waals surface area contributed by atoms with Gasteiger partial charge in [-0.3, -0.25) is 4.79 Å². The largest absolute Gasteiger partial charge is 0.352 e. The summed E-state index contributed by atoms with van der Waals surface area (Å²) in [5, 5.41) is 7.45. The van der Waals surface area contributed by atoms with Crippen LogP contribution in [0.1, 0.15) is 35.9 Å². The molecule has 0 bridgehead atoms. The molecule has 3 amide bonds. The Morgan fingerprint density at radius 2 is 1.91 bits per heavy atom. The van der Waals surface area contributed by atoms with Crippen LogP contribution in [0.15, 0.2) is 46.3 Å². The summed E-state index contributed by atoms with van der Waals surface area (Å²) in [5.74, 6) is -0.146. The Morgan fingerprint density at radius 1 is 1.22 bits per heavy atom. The van der Waals surface area contributed by atoms with E-state index < -0.39 is 12.1 Å². The second-order valence-corrected chi connectivity index (χ2v) is 7.02. The Bertz CT molecular complexity index is 658. The van der Waals surface area contributed by atoms with E-state index in [0.29, 0.717) is 0 Å². The van der Waals surface area contributed by atoms with Crippen molar-refractivity contribution in [1.82, 2.24) is 10.6 Å². The van der Waals surface area contributed by atoms with E-state index in [-0.39, 0.29) is 18.4 Å². The third kappa shape index (κ3) is 5.37. The number of amides is 3. The minimum absolute atomic E-state index is 0.117. The highest BCUT2D eigenvalue weighted by molar-refractivity contribution is 9.10. The predicted octanol–water partition coefficient (Wildman–Crippen LogP) is 3.49. The van der Waals surface area contributed by atoms with E-state index in [1.54, 1.807) is 0 Å². The first-order valence-electron chi connectivity index (χ1n) is 7.10. The first kappa shape index (κ1) is 17.5. The molecule has 4 N–H and O–H groups in total. The van der Waals surface area contributed by atoms with Crippen molar-refractivity contribution in [3.63, 3.8) is 0 Å². The van der Waals surface area contributed by atoms with E-state index in [2.05, 4.69) is 26.6 Å². The van der Waals surface area contributed by atoms with Gasteiger partial charge >= 0.3 is 6.03 Å². The van der Waals surface area contributed by atoms with Crippen molar-refractivity contribution in [2.24, 2.45) is 5.73 Å². The minimum Gasteiger partial charge on any atom is -0.352 e. The van der Waals surface area contributed by atoms with Crippen LogP contribution in [-0.4, -0.2) is 11.9 Å². The van der Waals surface area contributed by atoms with Gasteiger partial charge in [0, 0.05) is 9.35 Å². The molecule has 0 saturated heterocycles. The van der Waals surface area contributed by atoms with Crippen molar-refractivity contribution in [3.05, 3.63) is 56.7 Å². The van der Waals surface area contributed by atoms with Crippen LogP contribution in [0.2, 0.25) is 0 Å². The molecule has 0 aliphatic heterocycles. The van der Waals surface area contributed by atoms with E-state index in [0.717, 1.165) is 14.9 Å². The van der Waals surface area contributed by atoms with Gasteiger partial charge in [0.2, 0.25) is 5.91 Å². The van der Waals surface area contributed by atoms with E-state index in [1.165, 1.54) is 11.3 Å². The van der Waals surface area contributed by atoms with Gasteiger partial charge in [-0.25, -0.2) is 4.79 Å². The molecule has 2 unspecified atom stereocenters. The van der Waals surface area contributed by atoms with Gasteiger partial charge in [0.1, 0.15) is 0 Å². The maximum Gasteiger partial charge on any atom is 0.312 e. The quantitative estimate of drug-likeness (QED) is 0.699. The molecule has 0 spiro atoms. The van der Waals surface area contributed by atoms with Gasteiger partial charge in [0.25, 0.3) is 0 Å². The summed E-state index contributed by atoms with van der Waals surface area (Å²) in [6.07, 6.45) is 0.143. The molecule has 2 aromatic rings. The fourth-order valence-electron chi connectivity index (χ4n) is 2.20. The average Bonchev–Trinajstić information content (AvgIpc) is 3.00. The summed E-state index contributed by atoms with van der Waals surface area (Å²) >= 11 is 4.86. The molecule has 122 valence electrons. The first-order valence-corrected chi connectivity index (χ1v) is 8.77. The smallest absolute Gasteiger partial charge is 0.312 e. The Balaban J connectivity index is 1.98. The summed E-state index contributed by atoms with van der Waals surface area (Å²) in [6, 6.07) is 10.3.